The molecule has 1 aliphatic carbocycles. The molecule has 1 nitrogen and oxygen atoms in total. The highest BCUT2D eigenvalue weighted by Gasteiger charge is 2.40. The fourth-order valence-electron chi connectivity index (χ4n) is 1.76. The first-order valence-corrected chi connectivity index (χ1v) is 4.19. The van der Waals surface area contributed by atoms with Gasteiger partial charge in [-0.05, 0) is 25.2 Å². The summed E-state index contributed by atoms with van der Waals surface area (Å²) in [5, 5.41) is 0.648. The first kappa shape index (κ1) is 6.05. The molecule has 1 saturated carbocycles. The largest absolute Gasteiger partial charge is 0.378 e. The van der Waals surface area contributed by atoms with Crippen molar-refractivity contribution in [1.29, 1.82) is 0 Å². The Kier molecular flexibility index (Phi) is 1.46. The Morgan fingerprint density at radius 2 is 2.33 bits per heavy atom. The maximum absolute atomic E-state index is 5.50. The van der Waals surface area contributed by atoms with Crippen molar-refractivity contribution in [3.63, 3.8) is 0 Å². The van der Waals surface area contributed by atoms with Gasteiger partial charge in [0.1, 0.15) is 0 Å². The van der Waals surface area contributed by atoms with Gasteiger partial charge >= 0.3 is 0 Å². The third-order valence-corrected chi connectivity index (χ3v) is 3.05. The maximum Gasteiger partial charge on any atom is 0.0624 e. The number of ether oxygens (including phenoxy) is 1. The average molecular weight is 144 g/mol. The second-order valence-electron chi connectivity index (χ2n) is 3.02. The molecule has 2 rings (SSSR count). The Labute approximate surface area is 61.2 Å². The summed E-state index contributed by atoms with van der Waals surface area (Å²) >= 11 is 4.43. The smallest absolute Gasteiger partial charge is 0.0624 e. The average Bonchev–Trinajstić information content (AvgIpc) is 1.86. The highest BCUT2D eigenvalue weighted by Crippen LogP contribution is 2.40. The molecule has 9 heavy (non-hydrogen) atoms. The van der Waals surface area contributed by atoms with Crippen molar-refractivity contribution in [2.75, 3.05) is 6.61 Å². The van der Waals surface area contributed by atoms with Crippen LogP contribution >= 0.6 is 12.6 Å². The summed E-state index contributed by atoms with van der Waals surface area (Å²) in [5.41, 5.74) is 0. The van der Waals surface area contributed by atoms with Crippen LogP contribution in [0.15, 0.2) is 0 Å². The van der Waals surface area contributed by atoms with E-state index in [0.29, 0.717) is 11.4 Å². The van der Waals surface area contributed by atoms with Gasteiger partial charge in [0.2, 0.25) is 0 Å². The molecule has 2 aliphatic rings. The van der Waals surface area contributed by atoms with E-state index in [1.807, 2.05) is 0 Å². The molecule has 0 radical (unpaired) electrons. The van der Waals surface area contributed by atoms with Gasteiger partial charge in [-0.3, -0.25) is 0 Å². The topological polar surface area (TPSA) is 9.23 Å². The minimum Gasteiger partial charge on any atom is -0.378 e. The number of rotatable bonds is 0. The van der Waals surface area contributed by atoms with E-state index in [2.05, 4.69) is 12.6 Å². The van der Waals surface area contributed by atoms with Crippen molar-refractivity contribution in [2.45, 2.75) is 30.6 Å². The summed E-state index contributed by atoms with van der Waals surface area (Å²) in [5.74, 6) is 0.794. The van der Waals surface area contributed by atoms with Gasteiger partial charge in [0.25, 0.3) is 0 Å². The van der Waals surface area contributed by atoms with Gasteiger partial charge in [0.15, 0.2) is 0 Å². The molecular formula is C7H12OS. The lowest BCUT2D eigenvalue weighted by molar-refractivity contribution is -0.0768. The normalized spacial score (nSPS) is 49.7. The first-order valence-electron chi connectivity index (χ1n) is 3.67. The third-order valence-electron chi connectivity index (χ3n) is 2.46. The van der Waals surface area contributed by atoms with Gasteiger partial charge < -0.3 is 4.74 Å². The number of hydrogen-bond acceptors (Lipinski definition) is 2. The van der Waals surface area contributed by atoms with Crippen LogP contribution in [0.3, 0.4) is 0 Å². The molecule has 1 aliphatic heterocycles. The molecule has 0 spiro atoms. The van der Waals surface area contributed by atoms with Crippen LogP contribution in [0, 0.1) is 5.92 Å². The summed E-state index contributed by atoms with van der Waals surface area (Å²) in [6, 6.07) is 0. The van der Waals surface area contributed by atoms with E-state index in [-0.39, 0.29) is 0 Å². The van der Waals surface area contributed by atoms with E-state index in [9.17, 15) is 0 Å². The maximum atomic E-state index is 5.50. The summed E-state index contributed by atoms with van der Waals surface area (Å²) < 4.78 is 5.50. The van der Waals surface area contributed by atoms with E-state index in [0.717, 1.165) is 12.5 Å². The summed E-state index contributed by atoms with van der Waals surface area (Å²) in [4.78, 5) is 0. The Morgan fingerprint density at radius 3 is 2.89 bits per heavy atom. The first-order chi connectivity index (χ1) is 4.38. The van der Waals surface area contributed by atoms with E-state index >= 15 is 0 Å². The van der Waals surface area contributed by atoms with Gasteiger partial charge in [-0.15, -0.1) is 0 Å². The Bertz CT molecular complexity index is 113. The lowest BCUT2D eigenvalue weighted by Crippen LogP contribution is -2.47. The minimum absolute atomic E-state index is 0.584. The molecule has 3 unspecified atom stereocenters. The molecule has 0 aromatic heterocycles. The molecule has 2 fully saturated rings. The van der Waals surface area contributed by atoms with E-state index in [1.54, 1.807) is 0 Å². The Hall–Kier alpha value is 0.310. The molecule has 1 heterocycles. The fraction of sp³-hybridized carbons (Fsp3) is 1.00. The summed E-state index contributed by atoms with van der Waals surface area (Å²) in [6.45, 7) is 0.988. The molecule has 0 bridgehead atoms. The monoisotopic (exact) mass is 144 g/mol. The lowest BCUT2D eigenvalue weighted by Gasteiger charge is -2.45. The van der Waals surface area contributed by atoms with Crippen molar-refractivity contribution in [2.24, 2.45) is 5.92 Å². The van der Waals surface area contributed by atoms with Crippen molar-refractivity contribution in [3.8, 4) is 0 Å². The zero-order valence-electron chi connectivity index (χ0n) is 5.42. The van der Waals surface area contributed by atoms with Crippen LogP contribution in [0.5, 0.6) is 0 Å². The predicted octanol–water partition coefficient (Wildman–Crippen LogP) is 1.48. The highest BCUT2D eigenvalue weighted by molar-refractivity contribution is 7.81. The summed E-state index contributed by atoms with van der Waals surface area (Å²) in [6.07, 6.45) is 4.37. The van der Waals surface area contributed by atoms with Crippen LogP contribution in [0.1, 0.15) is 19.3 Å². The van der Waals surface area contributed by atoms with Gasteiger partial charge in [0, 0.05) is 11.9 Å². The molecule has 52 valence electrons. The van der Waals surface area contributed by atoms with Crippen molar-refractivity contribution in [3.05, 3.63) is 0 Å². The fourth-order valence-corrected chi connectivity index (χ4v) is 2.31. The molecule has 1 saturated heterocycles. The second kappa shape index (κ2) is 2.17. The minimum atomic E-state index is 0.584. The molecule has 0 aromatic carbocycles. The highest BCUT2D eigenvalue weighted by atomic mass is 32.1. The van der Waals surface area contributed by atoms with E-state index in [1.165, 1.54) is 19.3 Å². The van der Waals surface area contributed by atoms with E-state index in [4.69, 9.17) is 4.74 Å². The zero-order valence-corrected chi connectivity index (χ0v) is 6.31. The van der Waals surface area contributed by atoms with Crippen LogP contribution < -0.4 is 0 Å². The molecular weight excluding hydrogens is 132 g/mol. The quantitative estimate of drug-likeness (QED) is 0.507. The van der Waals surface area contributed by atoms with Crippen molar-refractivity contribution >= 4 is 12.6 Å². The molecule has 2 heteroatoms. The van der Waals surface area contributed by atoms with Crippen molar-refractivity contribution < 1.29 is 4.74 Å². The zero-order chi connectivity index (χ0) is 6.27. The predicted molar refractivity (Wildman–Crippen MR) is 39.9 cm³/mol. The van der Waals surface area contributed by atoms with Crippen LogP contribution in [0.25, 0.3) is 0 Å². The molecule has 0 aromatic rings. The summed E-state index contributed by atoms with van der Waals surface area (Å²) in [7, 11) is 0. The molecule has 0 amide bonds. The molecule has 3 atom stereocenters. The number of thiol groups is 1. The van der Waals surface area contributed by atoms with Crippen molar-refractivity contribution in [1.82, 2.24) is 0 Å². The Balaban J connectivity index is 1.94. The van der Waals surface area contributed by atoms with Gasteiger partial charge in [-0.1, -0.05) is 0 Å². The number of hydrogen-bond donors (Lipinski definition) is 1. The SMILES string of the molecule is SC1CC2OCCCC12. The van der Waals surface area contributed by atoms with Crippen LogP contribution in [0.2, 0.25) is 0 Å². The van der Waals surface area contributed by atoms with Crippen LogP contribution in [-0.2, 0) is 4.74 Å². The second-order valence-corrected chi connectivity index (χ2v) is 3.68. The lowest BCUT2D eigenvalue weighted by atomic mass is 9.77. The third kappa shape index (κ3) is 0.887. The Morgan fingerprint density at radius 1 is 1.44 bits per heavy atom. The number of fused-ring (bicyclic) bond motifs is 1. The van der Waals surface area contributed by atoms with Gasteiger partial charge in [0.05, 0.1) is 6.10 Å². The standard InChI is InChI=1S/C7H12OS/c9-7-4-6-5(7)2-1-3-8-6/h5-7,9H,1-4H2. The molecule has 0 N–H and O–H groups in total. The van der Waals surface area contributed by atoms with Gasteiger partial charge in [-0.25, -0.2) is 0 Å². The van der Waals surface area contributed by atoms with Crippen LogP contribution in [0.4, 0.5) is 0 Å². The van der Waals surface area contributed by atoms with E-state index < -0.39 is 0 Å². The van der Waals surface area contributed by atoms with Gasteiger partial charge in [-0.2, -0.15) is 12.6 Å². The van der Waals surface area contributed by atoms with Crippen LogP contribution in [-0.4, -0.2) is 18.0 Å².